The van der Waals surface area contributed by atoms with Crippen molar-refractivity contribution in [2.45, 2.75) is 12.8 Å². The summed E-state index contributed by atoms with van der Waals surface area (Å²) in [4.78, 5) is 25.8. The third-order valence-electron chi connectivity index (χ3n) is 5.81. The zero-order valence-corrected chi connectivity index (χ0v) is 21.7. The topological polar surface area (TPSA) is 91.2 Å². The number of fused-ring (bicyclic) bond motifs is 1. The first-order valence-electron chi connectivity index (χ1n) is 11.5. The lowest BCUT2D eigenvalue weighted by Crippen LogP contribution is -2.29. The SMILES string of the molecule is C=CCOC(=O)C1=C(C)NC(SCC(=O)Nc2cccc3ccccc23)=C(C#N)[C@H]1c1ccc(Cl)cc1. The highest BCUT2D eigenvalue weighted by Gasteiger charge is 2.35. The van der Waals surface area contributed by atoms with Crippen molar-refractivity contribution in [3.63, 3.8) is 0 Å². The number of carbonyl (C=O) groups is 2. The van der Waals surface area contributed by atoms with Gasteiger partial charge < -0.3 is 15.4 Å². The van der Waals surface area contributed by atoms with Gasteiger partial charge in [0.2, 0.25) is 5.91 Å². The molecule has 3 aromatic rings. The average Bonchev–Trinajstić information content (AvgIpc) is 2.90. The van der Waals surface area contributed by atoms with Crippen molar-refractivity contribution in [2.75, 3.05) is 17.7 Å². The number of allylic oxidation sites excluding steroid dienone is 2. The summed E-state index contributed by atoms with van der Waals surface area (Å²) >= 11 is 7.29. The van der Waals surface area contributed by atoms with E-state index in [1.165, 1.54) is 17.8 Å². The number of benzene rings is 3. The summed E-state index contributed by atoms with van der Waals surface area (Å²) in [5.74, 6) is -1.37. The summed E-state index contributed by atoms with van der Waals surface area (Å²) in [7, 11) is 0. The van der Waals surface area contributed by atoms with Crippen LogP contribution in [0.3, 0.4) is 0 Å². The van der Waals surface area contributed by atoms with Crippen molar-refractivity contribution < 1.29 is 14.3 Å². The lowest BCUT2D eigenvalue weighted by atomic mass is 9.82. The van der Waals surface area contributed by atoms with Crippen LogP contribution in [0.4, 0.5) is 5.69 Å². The first-order valence-corrected chi connectivity index (χ1v) is 12.8. The monoisotopic (exact) mass is 529 g/mol. The maximum absolute atomic E-state index is 13.0. The van der Waals surface area contributed by atoms with E-state index >= 15 is 0 Å². The van der Waals surface area contributed by atoms with Gasteiger partial charge in [-0.15, -0.1) is 0 Å². The van der Waals surface area contributed by atoms with Crippen LogP contribution >= 0.6 is 23.4 Å². The molecule has 0 spiro atoms. The normalized spacial score (nSPS) is 15.1. The van der Waals surface area contributed by atoms with Gasteiger partial charge in [-0.05, 0) is 36.1 Å². The van der Waals surface area contributed by atoms with Gasteiger partial charge >= 0.3 is 5.97 Å². The fourth-order valence-electron chi connectivity index (χ4n) is 4.16. The Hall–Kier alpha value is -3.99. The van der Waals surface area contributed by atoms with Crippen LogP contribution in [0.1, 0.15) is 18.4 Å². The van der Waals surface area contributed by atoms with E-state index in [0.29, 0.717) is 32.5 Å². The van der Waals surface area contributed by atoms with Crippen molar-refractivity contribution in [2.24, 2.45) is 0 Å². The Labute approximate surface area is 224 Å². The zero-order chi connectivity index (χ0) is 26.4. The van der Waals surface area contributed by atoms with E-state index < -0.39 is 11.9 Å². The van der Waals surface area contributed by atoms with Crippen LogP contribution in [0.5, 0.6) is 0 Å². The number of nitriles is 1. The number of rotatable bonds is 8. The highest BCUT2D eigenvalue weighted by molar-refractivity contribution is 8.03. The van der Waals surface area contributed by atoms with Crippen molar-refractivity contribution >= 4 is 51.7 Å². The third kappa shape index (κ3) is 5.88. The number of ether oxygens (including phenoxy) is 1. The molecule has 37 heavy (non-hydrogen) atoms. The van der Waals surface area contributed by atoms with Crippen LogP contribution in [-0.4, -0.2) is 24.2 Å². The summed E-state index contributed by atoms with van der Waals surface area (Å²) in [5, 5.41) is 19.3. The second-order valence-corrected chi connectivity index (χ2v) is 9.68. The molecule has 3 aromatic carbocycles. The molecule has 0 radical (unpaired) electrons. The minimum atomic E-state index is -0.676. The highest BCUT2D eigenvalue weighted by Crippen LogP contribution is 2.41. The number of amides is 1. The van der Waals surface area contributed by atoms with Gasteiger partial charge in [-0.1, -0.05) is 84.5 Å². The number of hydrogen-bond donors (Lipinski definition) is 2. The molecule has 1 amide bonds. The molecule has 2 N–H and O–H groups in total. The quantitative estimate of drug-likeness (QED) is 0.263. The molecule has 1 aliphatic rings. The Kier molecular flexibility index (Phi) is 8.34. The van der Waals surface area contributed by atoms with E-state index in [-0.39, 0.29) is 18.3 Å². The molecule has 1 aliphatic heterocycles. The fraction of sp³-hybridized carbons (Fsp3) is 0.138. The number of esters is 1. The minimum Gasteiger partial charge on any atom is -0.458 e. The third-order valence-corrected chi connectivity index (χ3v) is 7.08. The van der Waals surface area contributed by atoms with Crippen LogP contribution < -0.4 is 10.6 Å². The lowest BCUT2D eigenvalue weighted by Gasteiger charge is -2.29. The zero-order valence-electron chi connectivity index (χ0n) is 20.1. The largest absolute Gasteiger partial charge is 0.458 e. The summed E-state index contributed by atoms with van der Waals surface area (Å²) in [6.45, 7) is 5.38. The molecule has 8 heteroatoms. The van der Waals surface area contributed by atoms with Crippen molar-refractivity contribution in [1.82, 2.24) is 5.32 Å². The van der Waals surface area contributed by atoms with Crippen molar-refractivity contribution in [3.8, 4) is 6.07 Å². The fourth-order valence-corrected chi connectivity index (χ4v) is 5.17. The number of halogens is 1. The van der Waals surface area contributed by atoms with Crippen LogP contribution in [0.25, 0.3) is 10.8 Å². The van der Waals surface area contributed by atoms with Crippen LogP contribution in [-0.2, 0) is 14.3 Å². The summed E-state index contributed by atoms with van der Waals surface area (Å²) < 4.78 is 5.32. The number of nitrogens with one attached hydrogen (secondary N) is 2. The van der Waals surface area contributed by atoms with E-state index in [1.807, 2.05) is 42.5 Å². The first kappa shape index (κ1) is 26.1. The van der Waals surface area contributed by atoms with E-state index in [2.05, 4.69) is 23.3 Å². The van der Waals surface area contributed by atoms with Crippen LogP contribution in [0.15, 0.2) is 101 Å². The van der Waals surface area contributed by atoms with Gasteiger partial charge in [0.25, 0.3) is 0 Å². The predicted molar refractivity (Wildman–Crippen MR) is 149 cm³/mol. The van der Waals surface area contributed by atoms with Gasteiger partial charge in [0, 0.05) is 21.8 Å². The number of dihydropyridines is 1. The molecule has 0 bridgehead atoms. The summed E-state index contributed by atoms with van der Waals surface area (Å²) in [6, 6.07) is 22.8. The maximum atomic E-state index is 13.0. The minimum absolute atomic E-state index is 0.0461. The van der Waals surface area contributed by atoms with E-state index in [0.717, 1.165) is 16.5 Å². The predicted octanol–water partition coefficient (Wildman–Crippen LogP) is 6.29. The lowest BCUT2D eigenvalue weighted by molar-refractivity contribution is -0.138. The Morgan fingerprint density at radius 3 is 2.62 bits per heavy atom. The Morgan fingerprint density at radius 1 is 1.16 bits per heavy atom. The molecule has 0 unspecified atom stereocenters. The van der Waals surface area contributed by atoms with Crippen LogP contribution in [0.2, 0.25) is 5.02 Å². The number of hydrogen-bond acceptors (Lipinski definition) is 6. The molecule has 0 fully saturated rings. The smallest absolute Gasteiger partial charge is 0.337 e. The molecule has 0 aromatic heterocycles. The van der Waals surface area contributed by atoms with Crippen molar-refractivity contribution in [1.29, 1.82) is 5.26 Å². The van der Waals surface area contributed by atoms with Gasteiger partial charge in [-0.25, -0.2) is 4.79 Å². The number of anilines is 1. The van der Waals surface area contributed by atoms with E-state index in [4.69, 9.17) is 16.3 Å². The maximum Gasteiger partial charge on any atom is 0.337 e. The number of thioether (sulfide) groups is 1. The summed E-state index contributed by atoms with van der Waals surface area (Å²) in [5.41, 5.74) is 2.62. The Bertz CT molecular complexity index is 1470. The number of nitrogens with zero attached hydrogens (tertiary/aromatic N) is 1. The molecule has 1 heterocycles. The summed E-state index contributed by atoms with van der Waals surface area (Å²) in [6.07, 6.45) is 1.48. The molecular weight excluding hydrogens is 506 g/mol. The van der Waals surface area contributed by atoms with Crippen LogP contribution in [0, 0.1) is 11.3 Å². The Morgan fingerprint density at radius 2 is 1.89 bits per heavy atom. The second kappa shape index (κ2) is 11.8. The molecule has 0 saturated heterocycles. The Balaban J connectivity index is 1.60. The van der Waals surface area contributed by atoms with Gasteiger partial charge in [0.15, 0.2) is 0 Å². The second-order valence-electron chi connectivity index (χ2n) is 8.25. The highest BCUT2D eigenvalue weighted by atomic mass is 35.5. The van der Waals surface area contributed by atoms with Gasteiger partial charge in [-0.2, -0.15) is 5.26 Å². The first-order chi connectivity index (χ1) is 17.9. The molecule has 6 nitrogen and oxygen atoms in total. The molecule has 0 aliphatic carbocycles. The number of carbonyl (C=O) groups excluding carboxylic acids is 2. The molecule has 1 atom stereocenters. The molecule has 0 saturated carbocycles. The van der Waals surface area contributed by atoms with Gasteiger partial charge in [0.1, 0.15) is 6.61 Å². The van der Waals surface area contributed by atoms with E-state index in [1.54, 1.807) is 31.2 Å². The van der Waals surface area contributed by atoms with Gasteiger partial charge in [-0.3, -0.25) is 4.79 Å². The standard InChI is InChI=1S/C29H24ClN3O3S/c1-3-15-36-29(35)26-18(2)32-28(23(16-31)27(26)20-11-13-21(30)14-12-20)37-17-25(34)33-24-10-6-8-19-7-4-5-9-22(19)24/h3-14,27,32H,1,15,17H2,2H3,(H,33,34)/t27-/m1/s1. The molecule has 4 rings (SSSR count). The molecule has 186 valence electrons. The molecular formula is C29H24ClN3O3S. The van der Waals surface area contributed by atoms with Gasteiger partial charge in [0.05, 0.1) is 33.9 Å². The van der Waals surface area contributed by atoms with Crippen molar-refractivity contribution in [3.05, 3.63) is 112 Å². The van der Waals surface area contributed by atoms with E-state index in [9.17, 15) is 14.9 Å². The average molecular weight is 530 g/mol.